The summed E-state index contributed by atoms with van der Waals surface area (Å²) in [5, 5.41) is 6.38. The number of nitrogens with one attached hydrogen (secondary N) is 2. The van der Waals surface area contributed by atoms with E-state index in [2.05, 4.69) is 15.6 Å². The Balaban J connectivity index is 1.63. The van der Waals surface area contributed by atoms with Crippen LogP contribution in [0.25, 0.3) is 10.9 Å². The summed E-state index contributed by atoms with van der Waals surface area (Å²) in [7, 11) is 1.62. The van der Waals surface area contributed by atoms with Gasteiger partial charge >= 0.3 is 11.7 Å². The van der Waals surface area contributed by atoms with Gasteiger partial charge in [-0.3, -0.25) is 9.88 Å². The summed E-state index contributed by atoms with van der Waals surface area (Å²) < 4.78 is 6.70. The molecule has 1 aromatic heterocycles. The number of para-hydroxylation sites is 1. The molecule has 1 heterocycles. The average Bonchev–Trinajstić information content (AvgIpc) is 2.80. The zero-order valence-corrected chi connectivity index (χ0v) is 18.0. The normalized spacial score (nSPS) is 10.7. The number of urea groups is 1. The van der Waals surface area contributed by atoms with E-state index in [1.165, 1.54) is 4.57 Å². The van der Waals surface area contributed by atoms with E-state index < -0.39 is 11.7 Å². The van der Waals surface area contributed by atoms with Crippen LogP contribution >= 0.6 is 0 Å². The molecule has 0 fully saturated rings. The van der Waals surface area contributed by atoms with Crippen LogP contribution in [0, 0.1) is 6.92 Å². The lowest BCUT2D eigenvalue weighted by molar-refractivity contribution is 0.262. The second kappa shape index (κ2) is 9.34. The highest BCUT2D eigenvalue weighted by atomic mass is 16.5. The lowest BCUT2D eigenvalue weighted by Crippen LogP contribution is -2.30. The van der Waals surface area contributed by atoms with E-state index in [1.807, 2.05) is 73.7 Å². The highest BCUT2D eigenvalue weighted by Gasteiger charge is 2.14. The molecule has 3 aromatic carbocycles. The van der Waals surface area contributed by atoms with Crippen molar-refractivity contribution in [2.24, 2.45) is 0 Å². The van der Waals surface area contributed by atoms with Crippen molar-refractivity contribution in [1.29, 1.82) is 0 Å². The smallest absolute Gasteiger partial charge is 0.349 e. The Morgan fingerprint density at radius 1 is 0.969 bits per heavy atom. The fraction of sp³-hybridized carbons (Fsp3) is 0.160. The van der Waals surface area contributed by atoms with Gasteiger partial charge in [0, 0.05) is 17.6 Å². The SMILES string of the molecule is COc1ccc(CCn2c(NC(=O)Nc3ccc(C)cc3)c3ccccc3nc2=O)cc1. The highest BCUT2D eigenvalue weighted by Crippen LogP contribution is 2.21. The second-order valence-electron chi connectivity index (χ2n) is 7.45. The molecule has 0 spiro atoms. The molecule has 7 nitrogen and oxygen atoms in total. The van der Waals surface area contributed by atoms with Crippen molar-refractivity contribution in [2.45, 2.75) is 19.9 Å². The fourth-order valence-corrected chi connectivity index (χ4v) is 3.46. The molecular weight excluding hydrogens is 404 g/mol. The third-order valence-corrected chi connectivity index (χ3v) is 5.20. The number of anilines is 2. The number of rotatable bonds is 6. The van der Waals surface area contributed by atoms with Gasteiger partial charge in [0.25, 0.3) is 0 Å². The van der Waals surface area contributed by atoms with Crippen LogP contribution in [-0.2, 0) is 13.0 Å². The van der Waals surface area contributed by atoms with E-state index in [1.54, 1.807) is 13.2 Å². The van der Waals surface area contributed by atoms with Gasteiger partial charge in [-0.2, -0.15) is 4.98 Å². The molecule has 4 rings (SSSR count). The first-order valence-corrected chi connectivity index (χ1v) is 10.3. The maximum Gasteiger partial charge on any atom is 0.349 e. The number of nitrogens with zero attached hydrogens (tertiary/aromatic N) is 2. The molecule has 0 radical (unpaired) electrons. The van der Waals surface area contributed by atoms with E-state index >= 15 is 0 Å². The van der Waals surface area contributed by atoms with Crippen molar-refractivity contribution in [1.82, 2.24) is 9.55 Å². The van der Waals surface area contributed by atoms with E-state index in [-0.39, 0.29) is 0 Å². The number of aryl methyl sites for hydroxylation is 2. The molecule has 0 unspecified atom stereocenters. The first-order valence-electron chi connectivity index (χ1n) is 10.3. The minimum atomic E-state index is -0.428. The van der Waals surface area contributed by atoms with E-state index in [0.29, 0.717) is 35.4 Å². The summed E-state index contributed by atoms with van der Waals surface area (Å²) >= 11 is 0. The van der Waals surface area contributed by atoms with Crippen LogP contribution in [0.1, 0.15) is 11.1 Å². The Morgan fingerprint density at radius 2 is 1.69 bits per heavy atom. The van der Waals surface area contributed by atoms with Crippen molar-refractivity contribution in [3.8, 4) is 5.75 Å². The lowest BCUT2D eigenvalue weighted by Gasteiger charge is -2.16. The van der Waals surface area contributed by atoms with Gasteiger partial charge in [-0.25, -0.2) is 9.59 Å². The average molecular weight is 428 g/mol. The predicted octanol–water partition coefficient (Wildman–Crippen LogP) is 4.60. The third kappa shape index (κ3) is 4.78. The monoisotopic (exact) mass is 428 g/mol. The molecule has 162 valence electrons. The minimum absolute atomic E-state index is 0.364. The molecule has 2 amide bonds. The van der Waals surface area contributed by atoms with Gasteiger partial charge in [-0.15, -0.1) is 0 Å². The van der Waals surface area contributed by atoms with Crippen LogP contribution in [0.3, 0.4) is 0 Å². The maximum absolute atomic E-state index is 12.8. The Labute approximate surface area is 185 Å². The minimum Gasteiger partial charge on any atom is -0.497 e. The number of amides is 2. The molecule has 4 aromatic rings. The van der Waals surface area contributed by atoms with Gasteiger partial charge < -0.3 is 10.1 Å². The van der Waals surface area contributed by atoms with Crippen molar-refractivity contribution in [3.63, 3.8) is 0 Å². The number of carbonyl (C=O) groups excluding carboxylic acids is 1. The molecule has 0 atom stereocenters. The van der Waals surface area contributed by atoms with Gasteiger partial charge in [0.05, 0.1) is 12.6 Å². The molecule has 32 heavy (non-hydrogen) atoms. The zero-order valence-electron chi connectivity index (χ0n) is 18.0. The van der Waals surface area contributed by atoms with Crippen LogP contribution < -0.4 is 21.1 Å². The Morgan fingerprint density at radius 3 is 2.41 bits per heavy atom. The van der Waals surface area contributed by atoms with Crippen LogP contribution in [0.2, 0.25) is 0 Å². The number of carbonyl (C=O) groups is 1. The molecule has 0 aliphatic carbocycles. The quantitative estimate of drug-likeness (QED) is 0.470. The largest absolute Gasteiger partial charge is 0.497 e. The molecule has 0 aliphatic heterocycles. The van der Waals surface area contributed by atoms with Gasteiger partial charge in [0.2, 0.25) is 0 Å². The molecule has 0 bridgehead atoms. The van der Waals surface area contributed by atoms with Gasteiger partial charge in [0.15, 0.2) is 0 Å². The number of ether oxygens (including phenoxy) is 1. The number of aromatic nitrogens is 2. The topological polar surface area (TPSA) is 85.2 Å². The molecule has 7 heteroatoms. The molecule has 0 saturated heterocycles. The predicted molar refractivity (Wildman–Crippen MR) is 127 cm³/mol. The first kappa shape index (κ1) is 21.1. The second-order valence-corrected chi connectivity index (χ2v) is 7.45. The van der Waals surface area contributed by atoms with Crippen molar-refractivity contribution in [3.05, 3.63) is 94.4 Å². The van der Waals surface area contributed by atoms with Crippen molar-refractivity contribution < 1.29 is 9.53 Å². The summed E-state index contributed by atoms with van der Waals surface area (Å²) in [6.07, 6.45) is 0.595. The lowest BCUT2D eigenvalue weighted by atomic mass is 10.1. The molecule has 0 saturated carbocycles. The summed E-state index contributed by atoms with van der Waals surface area (Å²) in [5.74, 6) is 1.19. The van der Waals surface area contributed by atoms with Gasteiger partial charge in [-0.05, 0) is 55.3 Å². The summed E-state index contributed by atoms with van der Waals surface area (Å²) in [4.78, 5) is 29.8. The maximum atomic E-state index is 12.8. The van der Waals surface area contributed by atoms with Gasteiger partial charge in [-0.1, -0.05) is 42.0 Å². The van der Waals surface area contributed by atoms with Crippen molar-refractivity contribution in [2.75, 3.05) is 17.7 Å². The molecule has 2 N–H and O–H groups in total. The third-order valence-electron chi connectivity index (χ3n) is 5.20. The highest BCUT2D eigenvalue weighted by molar-refractivity contribution is 6.04. The Hall–Kier alpha value is -4.13. The van der Waals surface area contributed by atoms with Crippen LogP contribution in [-0.4, -0.2) is 22.7 Å². The van der Waals surface area contributed by atoms with Crippen LogP contribution in [0.15, 0.2) is 77.6 Å². The number of methoxy groups -OCH3 is 1. The number of hydrogen-bond donors (Lipinski definition) is 2. The van der Waals surface area contributed by atoms with E-state index in [0.717, 1.165) is 16.9 Å². The first-order chi connectivity index (χ1) is 15.5. The van der Waals surface area contributed by atoms with Gasteiger partial charge in [0.1, 0.15) is 11.6 Å². The molecular formula is C25H24N4O3. The zero-order chi connectivity index (χ0) is 22.5. The van der Waals surface area contributed by atoms with Crippen molar-refractivity contribution >= 4 is 28.4 Å². The number of fused-ring (bicyclic) bond motifs is 1. The van der Waals surface area contributed by atoms with Crippen LogP contribution in [0.4, 0.5) is 16.3 Å². The van der Waals surface area contributed by atoms with E-state index in [9.17, 15) is 9.59 Å². The number of hydrogen-bond acceptors (Lipinski definition) is 4. The Bertz CT molecular complexity index is 1300. The fourth-order valence-electron chi connectivity index (χ4n) is 3.46. The number of benzene rings is 3. The molecule has 0 aliphatic rings. The Kier molecular flexibility index (Phi) is 6.17. The summed E-state index contributed by atoms with van der Waals surface area (Å²) in [6, 6.07) is 22.0. The summed E-state index contributed by atoms with van der Waals surface area (Å²) in [6.45, 7) is 2.34. The summed E-state index contributed by atoms with van der Waals surface area (Å²) in [5.41, 5.74) is 2.93. The van der Waals surface area contributed by atoms with Crippen LogP contribution in [0.5, 0.6) is 5.75 Å². The van der Waals surface area contributed by atoms with E-state index in [4.69, 9.17) is 4.74 Å². The standard InChI is InChI=1S/C25H24N4O3/c1-17-7-11-19(12-8-17)26-24(30)28-23-21-5-3-4-6-22(21)27-25(31)29(23)16-15-18-9-13-20(32-2)14-10-18/h3-14H,15-16H2,1-2H3,(H2,26,28,30).